The van der Waals surface area contributed by atoms with Crippen molar-refractivity contribution in [3.63, 3.8) is 0 Å². The smallest absolute Gasteiger partial charge is 0.246 e. The molecule has 0 radical (unpaired) electrons. The van der Waals surface area contributed by atoms with Crippen molar-refractivity contribution in [3.8, 4) is 22.1 Å². The molecule has 1 N–H and O–H groups in total. The zero-order chi connectivity index (χ0) is 23.3. The summed E-state index contributed by atoms with van der Waals surface area (Å²) in [5.41, 5.74) is 1.13. The largest absolute Gasteiger partial charge is 0.455 e. The molecule has 168 valence electrons. The normalized spacial score (nSPS) is 11.1. The number of carbonyl (C=O) groups excluding carboxylic acids is 1. The minimum atomic E-state index is -3.80. The molecule has 3 aromatic carbocycles. The van der Waals surface area contributed by atoms with E-state index in [2.05, 4.69) is 15.5 Å². The van der Waals surface area contributed by atoms with E-state index in [0.29, 0.717) is 16.5 Å². The monoisotopic (exact) mass is 480 g/mol. The molecule has 0 saturated carbocycles. The van der Waals surface area contributed by atoms with Gasteiger partial charge in [-0.3, -0.25) is 14.4 Å². The number of amides is 1. The first-order valence-electron chi connectivity index (χ1n) is 9.88. The molecule has 0 aliphatic carbocycles. The topological polar surface area (TPSA) is 101 Å². The fourth-order valence-electron chi connectivity index (χ4n) is 3.01. The highest BCUT2D eigenvalue weighted by Gasteiger charge is 2.25. The summed E-state index contributed by atoms with van der Waals surface area (Å²) in [7, 11) is -3.80. The molecule has 0 spiro atoms. The molecule has 1 heterocycles. The second kappa shape index (κ2) is 9.80. The SMILES string of the molecule is CS(=O)(=O)N(CC(=O)Nc1nnc(-c2ccccc2)s1)c1ccccc1Oc1ccccc1. The Kier molecular flexibility index (Phi) is 6.66. The van der Waals surface area contributed by atoms with E-state index in [1.807, 2.05) is 48.5 Å². The molecule has 8 nitrogen and oxygen atoms in total. The number of aromatic nitrogens is 2. The van der Waals surface area contributed by atoms with Crippen LogP contribution in [0.25, 0.3) is 10.6 Å². The number of hydrogen-bond donors (Lipinski definition) is 1. The summed E-state index contributed by atoms with van der Waals surface area (Å²) in [6, 6.07) is 25.1. The predicted octanol–water partition coefficient (Wildman–Crippen LogP) is 4.40. The Morgan fingerprint density at radius 2 is 1.58 bits per heavy atom. The van der Waals surface area contributed by atoms with Crippen LogP contribution in [0.4, 0.5) is 10.8 Å². The summed E-state index contributed by atoms with van der Waals surface area (Å²) >= 11 is 1.20. The lowest BCUT2D eigenvalue weighted by molar-refractivity contribution is -0.114. The number of para-hydroxylation sites is 3. The first kappa shape index (κ1) is 22.4. The summed E-state index contributed by atoms with van der Waals surface area (Å²) in [5.74, 6) is 0.306. The van der Waals surface area contributed by atoms with Gasteiger partial charge in [-0.2, -0.15) is 0 Å². The molecule has 4 aromatic rings. The third kappa shape index (κ3) is 5.73. The highest BCUT2D eigenvalue weighted by atomic mass is 32.2. The summed E-state index contributed by atoms with van der Waals surface area (Å²) in [6.07, 6.45) is 1.04. The third-order valence-corrected chi connectivity index (χ3v) is 6.50. The number of benzene rings is 3. The first-order valence-corrected chi connectivity index (χ1v) is 12.5. The quantitative estimate of drug-likeness (QED) is 0.401. The average Bonchev–Trinajstić information content (AvgIpc) is 3.27. The molecule has 0 saturated heterocycles. The fraction of sp³-hybridized carbons (Fsp3) is 0.0870. The number of carbonyl (C=O) groups is 1. The zero-order valence-corrected chi connectivity index (χ0v) is 19.2. The van der Waals surface area contributed by atoms with Crippen LogP contribution in [0.15, 0.2) is 84.9 Å². The molecule has 0 bridgehead atoms. The molecule has 10 heteroatoms. The van der Waals surface area contributed by atoms with E-state index in [0.717, 1.165) is 16.1 Å². The van der Waals surface area contributed by atoms with Gasteiger partial charge in [-0.1, -0.05) is 72.0 Å². The van der Waals surface area contributed by atoms with E-state index < -0.39 is 22.5 Å². The highest BCUT2D eigenvalue weighted by Crippen LogP contribution is 2.33. The van der Waals surface area contributed by atoms with Gasteiger partial charge in [-0.25, -0.2) is 8.42 Å². The average molecular weight is 481 g/mol. The maximum atomic E-state index is 12.7. The molecular formula is C23H20N4O4S2. The molecule has 1 aromatic heterocycles. The fourth-order valence-corrected chi connectivity index (χ4v) is 4.63. The molecule has 0 unspecified atom stereocenters. The first-order chi connectivity index (χ1) is 15.9. The van der Waals surface area contributed by atoms with Gasteiger partial charge in [0.15, 0.2) is 5.75 Å². The van der Waals surface area contributed by atoms with Gasteiger partial charge in [-0.05, 0) is 24.3 Å². The van der Waals surface area contributed by atoms with E-state index in [4.69, 9.17) is 4.74 Å². The standard InChI is InChI=1S/C23H20N4O4S2/c1-33(29,30)27(19-14-8-9-15-20(19)31-18-12-6-3-7-13-18)16-21(28)24-23-26-25-22(32-23)17-10-4-2-5-11-17/h2-15H,16H2,1H3,(H,24,26,28). The number of anilines is 2. The predicted molar refractivity (Wildman–Crippen MR) is 129 cm³/mol. The molecule has 0 fully saturated rings. The van der Waals surface area contributed by atoms with Gasteiger partial charge in [0.1, 0.15) is 17.3 Å². The molecule has 0 aliphatic heterocycles. The van der Waals surface area contributed by atoms with Gasteiger partial charge in [0.25, 0.3) is 0 Å². The minimum Gasteiger partial charge on any atom is -0.455 e. The molecule has 33 heavy (non-hydrogen) atoms. The number of rotatable bonds is 8. The Hall–Kier alpha value is -3.76. The summed E-state index contributed by atoms with van der Waals surface area (Å²) in [4.78, 5) is 12.7. The summed E-state index contributed by atoms with van der Waals surface area (Å²) in [5, 5.41) is 11.6. The van der Waals surface area contributed by atoms with E-state index in [9.17, 15) is 13.2 Å². The van der Waals surface area contributed by atoms with Gasteiger partial charge >= 0.3 is 0 Å². The van der Waals surface area contributed by atoms with Crippen molar-refractivity contribution in [1.82, 2.24) is 10.2 Å². The van der Waals surface area contributed by atoms with Crippen LogP contribution in [0, 0.1) is 0 Å². The maximum absolute atomic E-state index is 12.7. The number of hydrogen-bond acceptors (Lipinski definition) is 7. The molecule has 1 amide bonds. The Bertz CT molecular complexity index is 1340. The Balaban J connectivity index is 1.54. The lowest BCUT2D eigenvalue weighted by atomic mass is 10.2. The van der Waals surface area contributed by atoms with Crippen molar-refractivity contribution >= 4 is 38.1 Å². The second-order valence-electron chi connectivity index (χ2n) is 6.98. The van der Waals surface area contributed by atoms with Crippen LogP contribution in [0.2, 0.25) is 0 Å². The van der Waals surface area contributed by atoms with Crippen LogP contribution in [0.1, 0.15) is 0 Å². The zero-order valence-electron chi connectivity index (χ0n) is 17.6. The second-order valence-corrected chi connectivity index (χ2v) is 9.86. The maximum Gasteiger partial charge on any atom is 0.246 e. The molecular weight excluding hydrogens is 460 g/mol. The Labute approximate surface area is 195 Å². The van der Waals surface area contributed by atoms with Crippen molar-refractivity contribution in [2.75, 3.05) is 22.4 Å². The highest BCUT2D eigenvalue weighted by molar-refractivity contribution is 7.92. The Morgan fingerprint density at radius 3 is 2.27 bits per heavy atom. The summed E-state index contributed by atoms with van der Waals surface area (Å²) in [6.45, 7) is -0.450. The van der Waals surface area contributed by atoms with Crippen molar-refractivity contribution in [2.24, 2.45) is 0 Å². The van der Waals surface area contributed by atoms with Crippen molar-refractivity contribution in [1.29, 1.82) is 0 Å². The number of sulfonamides is 1. The van der Waals surface area contributed by atoms with Crippen LogP contribution in [-0.4, -0.2) is 37.3 Å². The van der Waals surface area contributed by atoms with Gasteiger partial charge in [-0.15, -0.1) is 10.2 Å². The van der Waals surface area contributed by atoms with Crippen molar-refractivity contribution in [2.45, 2.75) is 0 Å². The van der Waals surface area contributed by atoms with Gasteiger partial charge in [0.2, 0.25) is 21.1 Å². The van der Waals surface area contributed by atoms with Crippen molar-refractivity contribution in [3.05, 3.63) is 84.9 Å². The van der Waals surface area contributed by atoms with Gasteiger partial charge in [0, 0.05) is 5.56 Å². The van der Waals surface area contributed by atoms with Crippen LogP contribution >= 0.6 is 11.3 Å². The van der Waals surface area contributed by atoms with Crippen LogP contribution in [0.3, 0.4) is 0 Å². The van der Waals surface area contributed by atoms with Crippen LogP contribution in [-0.2, 0) is 14.8 Å². The summed E-state index contributed by atoms with van der Waals surface area (Å²) < 4.78 is 32.0. The van der Waals surface area contributed by atoms with E-state index in [-0.39, 0.29) is 10.8 Å². The molecule has 4 rings (SSSR count). The van der Waals surface area contributed by atoms with Gasteiger partial charge < -0.3 is 4.74 Å². The van der Waals surface area contributed by atoms with E-state index in [1.54, 1.807) is 36.4 Å². The van der Waals surface area contributed by atoms with Crippen molar-refractivity contribution < 1.29 is 17.9 Å². The minimum absolute atomic E-state index is 0.251. The van der Waals surface area contributed by atoms with Crippen LogP contribution < -0.4 is 14.4 Å². The lowest BCUT2D eigenvalue weighted by Gasteiger charge is -2.24. The number of ether oxygens (including phenoxy) is 1. The molecule has 0 aliphatic rings. The number of nitrogens with zero attached hydrogens (tertiary/aromatic N) is 3. The number of nitrogens with one attached hydrogen (secondary N) is 1. The Morgan fingerprint density at radius 1 is 0.939 bits per heavy atom. The third-order valence-electron chi connectivity index (χ3n) is 4.48. The lowest BCUT2D eigenvalue weighted by Crippen LogP contribution is -2.37. The van der Waals surface area contributed by atoms with Gasteiger partial charge in [0.05, 0.1) is 11.9 Å². The molecule has 0 atom stereocenters. The van der Waals surface area contributed by atoms with E-state index in [1.165, 1.54) is 11.3 Å². The van der Waals surface area contributed by atoms with Crippen LogP contribution in [0.5, 0.6) is 11.5 Å². The van der Waals surface area contributed by atoms with E-state index >= 15 is 0 Å².